The van der Waals surface area contributed by atoms with E-state index in [0.29, 0.717) is 15.4 Å². The van der Waals surface area contributed by atoms with E-state index in [4.69, 9.17) is 12.2 Å². The van der Waals surface area contributed by atoms with Gasteiger partial charge in [-0.2, -0.15) is 0 Å². The van der Waals surface area contributed by atoms with Gasteiger partial charge in [0, 0.05) is 17.5 Å². The Morgan fingerprint density at radius 3 is 2.85 bits per heavy atom. The average Bonchev–Trinajstić information content (AvgIpc) is 3.08. The fourth-order valence-corrected chi connectivity index (χ4v) is 4.90. The van der Waals surface area contributed by atoms with Crippen molar-refractivity contribution >= 4 is 53.0 Å². The number of carboxylic acid groups (broad SMARTS) is 1. The summed E-state index contributed by atoms with van der Waals surface area (Å²) in [5.74, 6) is -0.746. The van der Waals surface area contributed by atoms with Crippen molar-refractivity contribution in [2.75, 3.05) is 11.4 Å². The molecule has 1 aromatic carbocycles. The highest BCUT2D eigenvalue weighted by atomic mass is 32.2. The fraction of sp³-hybridized carbons (Fsp3) is 0.167. The number of aliphatic carboxylic acids is 1. The predicted octanol–water partition coefficient (Wildman–Crippen LogP) is 4.71. The van der Waals surface area contributed by atoms with E-state index in [1.54, 1.807) is 21.6 Å². The van der Waals surface area contributed by atoms with Gasteiger partial charge < -0.3 is 15.1 Å². The number of allylic oxidation sites excluding steroid dienone is 2. The van der Waals surface area contributed by atoms with Crippen molar-refractivity contribution in [3.63, 3.8) is 0 Å². The molecule has 2 N–H and O–H groups in total. The number of fused-ring (bicyclic) bond motifs is 1. The molecule has 0 unspecified atom stereocenters. The maximum Gasteiger partial charge on any atom is 0.323 e. The smallest absolute Gasteiger partial charge is 0.323 e. The number of hydrogen-bond acceptors (Lipinski definition) is 6. The van der Waals surface area contributed by atoms with Crippen LogP contribution < -0.4 is 4.90 Å². The Bertz CT molecular complexity index is 997. The summed E-state index contributed by atoms with van der Waals surface area (Å²) in [6, 6.07) is 7.69. The zero-order valence-electron chi connectivity index (χ0n) is 13.9. The Balaban J connectivity index is 1.86. The van der Waals surface area contributed by atoms with Crippen LogP contribution in [0.1, 0.15) is 11.8 Å². The highest BCUT2D eigenvalue weighted by molar-refractivity contribution is 8.03. The van der Waals surface area contributed by atoms with Gasteiger partial charge in [-0.15, -0.1) is 17.1 Å². The van der Waals surface area contributed by atoms with Crippen molar-refractivity contribution in [1.82, 2.24) is 4.57 Å². The number of aromatic hydroxyl groups is 1. The molecule has 0 amide bonds. The highest BCUT2D eigenvalue weighted by Gasteiger charge is 2.25. The summed E-state index contributed by atoms with van der Waals surface area (Å²) in [6.07, 6.45) is 5.20. The SMILES string of the molecule is CCn1c(O)c(C=C=CC=C2Sc3ccccc3N2CC(=O)O)sc1=S. The number of benzene rings is 1. The number of para-hydroxylation sites is 1. The van der Waals surface area contributed by atoms with Crippen LogP contribution in [0.15, 0.2) is 52.1 Å². The van der Waals surface area contributed by atoms with Gasteiger partial charge in [0.1, 0.15) is 6.54 Å². The first-order valence-corrected chi connectivity index (χ1v) is 9.87. The van der Waals surface area contributed by atoms with Crippen LogP contribution in [0.4, 0.5) is 5.69 Å². The number of rotatable bonds is 5. The number of nitrogens with zero attached hydrogens (tertiary/aromatic N) is 2. The van der Waals surface area contributed by atoms with E-state index in [2.05, 4.69) is 5.73 Å². The van der Waals surface area contributed by atoms with Gasteiger partial charge in [-0.05, 0) is 43.4 Å². The first kappa shape index (κ1) is 18.5. The van der Waals surface area contributed by atoms with Crippen LogP contribution in [-0.4, -0.2) is 27.3 Å². The summed E-state index contributed by atoms with van der Waals surface area (Å²) >= 11 is 8.05. The minimum atomic E-state index is -0.890. The molecule has 3 rings (SSSR count). The fourth-order valence-electron chi connectivity index (χ4n) is 2.51. The van der Waals surface area contributed by atoms with Crippen molar-refractivity contribution in [3.05, 3.63) is 56.0 Å². The van der Waals surface area contributed by atoms with Crippen LogP contribution in [0, 0.1) is 3.95 Å². The van der Waals surface area contributed by atoms with Gasteiger partial charge in [-0.1, -0.05) is 23.9 Å². The summed E-state index contributed by atoms with van der Waals surface area (Å²) < 4.78 is 2.27. The molecule has 5 nitrogen and oxygen atoms in total. The largest absolute Gasteiger partial charge is 0.493 e. The van der Waals surface area contributed by atoms with Gasteiger partial charge in [-0.25, -0.2) is 0 Å². The summed E-state index contributed by atoms with van der Waals surface area (Å²) in [5, 5.41) is 20.1. The van der Waals surface area contributed by atoms with Crippen LogP contribution >= 0.6 is 35.3 Å². The van der Waals surface area contributed by atoms with E-state index in [9.17, 15) is 15.0 Å². The molecule has 1 aliphatic heterocycles. The third-order valence-corrected chi connectivity index (χ3v) is 6.19. The molecule has 2 heterocycles. The first-order valence-electron chi connectivity index (χ1n) is 7.82. The van der Waals surface area contributed by atoms with Crippen LogP contribution in [-0.2, 0) is 11.3 Å². The summed E-state index contributed by atoms with van der Waals surface area (Å²) in [5.41, 5.74) is 3.90. The number of carbonyl (C=O) groups is 1. The number of aromatic nitrogens is 1. The molecule has 0 spiro atoms. The zero-order chi connectivity index (χ0) is 18.7. The lowest BCUT2D eigenvalue weighted by Crippen LogP contribution is -2.25. The summed E-state index contributed by atoms with van der Waals surface area (Å²) in [7, 11) is 0. The van der Waals surface area contributed by atoms with Gasteiger partial charge in [0.25, 0.3) is 0 Å². The van der Waals surface area contributed by atoms with E-state index in [0.717, 1.165) is 15.6 Å². The third kappa shape index (κ3) is 3.78. The second-order valence-corrected chi connectivity index (χ2v) is 8.07. The Hall–Kier alpha value is -2.25. The van der Waals surface area contributed by atoms with E-state index < -0.39 is 5.97 Å². The highest BCUT2D eigenvalue weighted by Crippen LogP contribution is 2.45. The van der Waals surface area contributed by atoms with Gasteiger partial charge in [0.2, 0.25) is 5.88 Å². The summed E-state index contributed by atoms with van der Waals surface area (Å²) in [4.78, 5) is 14.6. The molecule has 0 saturated carbocycles. The maximum absolute atomic E-state index is 11.2. The average molecular weight is 405 g/mol. The second-order valence-electron chi connectivity index (χ2n) is 5.33. The first-order chi connectivity index (χ1) is 12.5. The molecular weight excluding hydrogens is 388 g/mol. The third-order valence-electron chi connectivity index (χ3n) is 3.68. The van der Waals surface area contributed by atoms with Gasteiger partial charge in [0.05, 0.1) is 15.6 Å². The van der Waals surface area contributed by atoms with Crippen molar-refractivity contribution < 1.29 is 15.0 Å². The Labute approximate surface area is 164 Å². The molecule has 0 aliphatic carbocycles. The number of thioether (sulfide) groups is 1. The zero-order valence-corrected chi connectivity index (χ0v) is 16.3. The lowest BCUT2D eigenvalue weighted by atomic mass is 10.3. The lowest BCUT2D eigenvalue weighted by Gasteiger charge is -2.17. The molecule has 26 heavy (non-hydrogen) atoms. The molecule has 1 aliphatic rings. The van der Waals surface area contributed by atoms with Crippen molar-refractivity contribution in [1.29, 1.82) is 0 Å². The van der Waals surface area contributed by atoms with Crippen LogP contribution in [0.5, 0.6) is 5.88 Å². The molecular formula is C18H16N2O3S3. The van der Waals surface area contributed by atoms with Crippen molar-refractivity contribution in [3.8, 4) is 5.88 Å². The van der Waals surface area contributed by atoms with E-state index in [1.807, 2.05) is 37.3 Å². The van der Waals surface area contributed by atoms with E-state index in [1.165, 1.54) is 23.1 Å². The molecule has 0 fully saturated rings. The van der Waals surface area contributed by atoms with Gasteiger partial charge in [-0.3, -0.25) is 9.36 Å². The molecule has 0 radical (unpaired) electrons. The minimum Gasteiger partial charge on any atom is -0.493 e. The molecule has 1 aromatic heterocycles. The molecule has 0 bridgehead atoms. The standard InChI is InChI=1S/C18H16N2O3S3/c1-2-19-17(23)14(26-18(19)24)9-5-6-10-15-20(11-16(21)22)12-7-3-4-8-13(12)25-15/h3-4,6-10,23H,2,11H2,1H3,(H,21,22). The lowest BCUT2D eigenvalue weighted by molar-refractivity contribution is -0.135. The Morgan fingerprint density at radius 1 is 1.38 bits per heavy atom. The van der Waals surface area contributed by atoms with E-state index in [-0.39, 0.29) is 12.4 Å². The normalized spacial score (nSPS) is 14.2. The van der Waals surface area contributed by atoms with E-state index >= 15 is 0 Å². The molecule has 0 saturated heterocycles. The van der Waals surface area contributed by atoms with Crippen molar-refractivity contribution in [2.45, 2.75) is 18.4 Å². The van der Waals surface area contributed by atoms with Crippen LogP contribution in [0.25, 0.3) is 6.08 Å². The Kier molecular flexibility index (Phi) is 5.68. The number of hydrogen-bond donors (Lipinski definition) is 2. The predicted molar refractivity (Wildman–Crippen MR) is 108 cm³/mol. The quantitative estimate of drug-likeness (QED) is 0.556. The van der Waals surface area contributed by atoms with Crippen LogP contribution in [0.2, 0.25) is 0 Å². The van der Waals surface area contributed by atoms with Crippen LogP contribution in [0.3, 0.4) is 0 Å². The maximum atomic E-state index is 11.2. The monoisotopic (exact) mass is 404 g/mol. The van der Waals surface area contributed by atoms with Gasteiger partial charge in [0.15, 0.2) is 3.95 Å². The van der Waals surface area contributed by atoms with Crippen molar-refractivity contribution in [2.24, 2.45) is 0 Å². The molecule has 2 aromatic rings. The number of thiazole rings is 1. The second kappa shape index (κ2) is 7.97. The molecule has 134 valence electrons. The minimum absolute atomic E-state index is 0.102. The molecule has 8 heteroatoms. The summed E-state index contributed by atoms with van der Waals surface area (Å²) in [6.45, 7) is 2.43. The topological polar surface area (TPSA) is 65.7 Å². The Morgan fingerprint density at radius 2 is 2.15 bits per heavy atom. The number of carboxylic acids is 1. The van der Waals surface area contributed by atoms with Gasteiger partial charge >= 0.3 is 5.97 Å². The molecule has 0 atom stereocenters. The number of anilines is 1.